The van der Waals surface area contributed by atoms with Crippen LogP contribution in [0.2, 0.25) is 0 Å². The number of para-hydroxylation sites is 1. The first-order valence-corrected chi connectivity index (χ1v) is 5.42. The van der Waals surface area contributed by atoms with E-state index in [2.05, 4.69) is 20.8 Å². The van der Waals surface area contributed by atoms with Gasteiger partial charge in [0.05, 0.1) is 6.61 Å². The van der Waals surface area contributed by atoms with Gasteiger partial charge in [0.15, 0.2) is 0 Å². The van der Waals surface area contributed by atoms with Crippen molar-refractivity contribution >= 4 is 0 Å². The Bertz CT molecular complexity index is 276. The monoisotopic (exact) mass is 207 g/mol. The molecule has 0 amide bonds. The van der Waals surface area contributed by atoms with Gasteiger partial charge < -0.3 is 10.5 Å². The Hall–Kier alpha value is -1.02. The molecule has 0 aliphatic rings. The summed E-state index contributed by atoms with van der Waals surface area (Å²) in [6.45, 7) is 7.93. The summed E-state index contributed by atoms with van der Waals surface area (Å²) < 4.78 is 5.71. The summed E-state index contributed by atoms with van der Waals surface area (Å²) in [4.78, 5) is 0. The molecule has 1 aromatic carbocycles. The Morgan fingerprint density at radius 3 is 2.27 bits per heavy atom. The van der Waals surface area contributed by atoms with Gasteiger partial charge in [-0.2, -0.15) is 0 Å². The number of benzene rings is 1. The molecule has 0 saturated heterocycles. The van der Waals surface area contributed by atoms with Crippen LogP contribution in [0, 0.1) is 11.3 Å². The van der Waals surface area contributed by atoms with Crippen LogP contribution in [0.1, 0.15) is 20.8 Å². The van der Waals surface area contributed by atoms with E-state index < -0.39 is 0 Å². The van der Waals surface area contributed by atoms with Crippen molar-refractivity contribution < 1.29 is 4.74 Å². The Morgan fingerprint density at radius 2 is 1.80 bits per heavy atom. The van der Waals surface area contributed by atoms with E-state index in [0.717, 1.165) is 5.75 Å². The first-order valence-electron chi connectivity index (χ1n) is 5.42. The standard InChI is InChI=1S/C13H21NO/c1-13(2,3)11(9-14)10-15-12-7-5-4-6-8-12/h4-8,11H,9-10,14H2,1-3H3. The van der Waals surface area contributed by atoms with E-state index >= 15 is 0 Å². The lowest BCUT2D eigenvalue weighted by molar-refractivity contribution is 0.152. The highest BCUT2D eigenvalue weighted by Crippen LogP contribution is 2.25. The fourth-order valence-electron chi connectivity index (χ4n) is 1.39. The summed E-state index contributed by atoms with van der Waals surface area (Å²) in [6, 6.07) is 9.87. The van der Waals surface area contributed by atoms with Crippen molar-refractivity contribution in [1.29, 1.82) is 0 Å². The predicted octanol–water partition coefficient (Wildman–Crippen LogP) is 2.69. The zero-order chi connectivity index (χ0) is 11.3. The molecule has 0 bridgehead atoms. The van der Waals surface area contributed by atoms with Crippen molar-refractivity contribution in [3.63, 3.8) is 0 Å². The van der Waals surface area contributed by atoms with E-state index in [1.807, 2.05) is 30.3 Å². The Morgan fingerprint density at radius 1 is 1.20 bits per heavy atom. The molecule has 15 heavy (non-hydrogen) atoms. The smallest absolute Gasteiger partial charge is 0.119 e. The second kappa shape index (κ2) is 5.17. The molecule has 2 heteroatoms. The van der Waals surface area contributed by atoms with Crippen LogP contribution in [0.5, 0.6) is 5.75 Å². The molecule has 1 aromatic rings. The van der Waals surface area contributed by atoms with Gasteiger partial charge >= 0.3 is 0 Å². The van der Waals surface area contributed by atoms with Crippen LogP contribution in [0.25, 0.3) is 0 Å². The van der Waals surface area contributed by atoms with Gasteiger partial charge in [0.25, 0.3) is 0 Å². The second-order valence-electron chi connectivity index (χ2n) is 4.92. The van der Waals surface area contributed by atoms with Crippen molar-refractivity contribution in [1.82, 2.24) is 0 Å². The summed E-state index contributed by atoms with van der Waals surface area (Å²) in [5, 5.41) is 0. The average molecular weight is 207 g/mol. The van der Waals surface area contributed by atoms with E-state index in [9.17, 15) is 0 Å². The van der Waals surface area contributed by atoms with Gasteiger partial charge in [0.1, 0.15) is 5.75 Å². The van der Waals surface area contributed by atoms with Crippen LogP contribution in [0.15, 0.2) is 30.3 Å². The summed E-state index contributed by atoms with van der Waals surface area (Å²) in [5.41, 5.74) is 5.94. The number of hydrogen-bond acceptors (Lipinski definition) is 2. The average Bonchev–Trinajstić information content (AvgIpc) is 2.18. The lowest BCUT2D eigenvalue weighted by atomic mass is 9.81. The molecule has 1 rings (SSSR count). The maximum atomic E-state index is 5.74. The molecule has 0 saturated carbocycles. The van der Waals surface area contributed by atoms with Gasteiger partial charge in [-0.05, 0) is 24.1 Å². The van der Waals surface area contributed by atoms with Crippen molar-refractivity contribution in [2.75, 3.05) is 13.2 Å². The molecule has 2 N–H and O–H groups in total. The number of ether oxygens (including phenoxy) is 1. The molecule has 0 spiro atoms. The SMILES string of the molecule is CC(C)(C)C(CN)COc1ccccc1. The number of rotatable bonds is 4. The van der Waals surface area contributed by atoms with Gasteiger partial charge in [-0.15, -0.1) is 0 Å². The van der Waals surface area contributed by atoms with E-state index in [-0.39, 0.29) is 5.41 Å². The van der Waals surface area contributed by atoms with Crippen LogP contribution in [-0.4, -0.2) is 13.2 Å². The summed E-state index contributed by atoms with van der Waals surface area (Å²) in [5.74, 6) is 1.30. The zero-order valence-electron chi connectivity index (χ0n) is 9.86. The van der Waals surface area contributed by atoms with E-state index in [0.29, 0.717) is 19.1 Å². The summed E-state index contributed by atoms with van der Waals surface area (Å²) in [6.07, 6.45) is 0. The molecule has 0 radical (unpaired) electrons. The molecule has 0 fully saturated rings. The van der Waals surface area contributed by atoms with Gasteiger partial charge in [0.2, 0.25) is 0 Å². The molecule has 0 heterocycles. The minimum Gasteiger partial charge on any atom is -0.493 e. The summed E-state index contributed by atoms with van der Waals surface area (Å²) >= 11 is 0. The highest BCUT2D eigenvalue weighted by atomic mass is 16.5. The third kappa shape index (κ3) is 3.92. The summed E-state index contributed by atoms with van der Waals surface area (Å²) in [7, 11) is 0. The molecule has 1 atom stereocenters. The van der Waals surface area contributed by atoms with Crippen molar-refractivity contribution in [2.24, 2.45) is 17.1 Å². The lowest BCUT2D eigenvalue weighted by Gasteiger charge is -2.29. The molecule has 0 aliphatic carbocycles. The van der Waals surface area contributed by atoms with Crippen LogP contribution in [0.4, 0.5) is 0 Å². The second-order valence-corrected chi connectivity index (χ2v) is 4.92. The van der Waals surface area contributed by atoms with E-state index in [4.69, 9.17) is 10.5 Å². The van der Waals surface area contributed by atoms with Gasteiger partial charge in [-0.1, -0.05) is 39.0 Å². The minimum absolute atomic E-state index is 0.198. The molecule has 0 aliphatic heterocycles. The molecular weight excluding hydrogens is 186 g/mol. The van der Waals surface area contributed by atoms with Gasteiger partial charge in [0, 0.05) is 5.92 Å². The van der Waals surface area contributed by atoms with Crippen LogP contribution in [-0.2, 0) is 0 Å². The number of nitrogens with two attached hydrogens (primary N) is 1. The van der Waals surface area contributed by atoms with Crippen LogP contribution >= 0.6 is 0 Å². The first-order chi connectivity index (χ1) is 7.04. The molecule has 1 unspecified atom stereocenters. The largest absolute Gasteiger partial charge is 0.493 e. The number of hydrogen-bond donors (Lipinski definition) is 1. The molecular formula is C13H21NO. The fraction of sp³-hybridized carbons (Fsp3) is 0.538. The quantitative estimate of drug-likeness (QED) is 0.824. The molecule has 0 aromatic heterocycles. The minimum atomic E-state index is 0.198. The third-order valence-corrected chi connectivity index (χ3v) is 2.70. The maximum Gasteiger partial charge on any atom is 0.119 e. The Labute approximate surface area is 92.4 Å². The van der Waals surface area contributed by atoms with Crippen LogP contribution in [0.3, 0.4) is 0 Å². The van der Waals surface area contributed by atoms with Crippen LogP contribution < -0.4 is 10.5 Å². The van der Waals surface area contributed by atoms with Gasteiger partial charge in [-0.3, -0.25) is 0 Å². The van der Waals surface area contributed by atoms with Crippen molar-refractivity contribution in [2.45, 2.75) is 20.8 Å². The maximum absolute atomic E-state index is 5.74. The Balaban J connectivity index is 2.49. The normalized spacial score (nSPS) is 13.6. The topological polar surface area (TPSA) is 35.2 Å². The van der Waals surface area contributed by atoms with Gasteiger partial charge in [-0.25, -0.2) is 0 Å². The zero-order valence-corrected chi connectivity index (χ0v) is 9.86. The lowest BCUT2D eigenvalue weighted by Crippen LogP contribution is -2.33. The highest BCUT2D eigenvalue weighted by Gasteiger charge is 2.23. The highest BCUT2D eigenvalue weighted by molar-refractivity contribution is 5.20. The Kier molecular flexibility index (Phi) is 4.15. The molecule has 2 nitrogen and oxygen atoms in total. The van der Waals surface area contributed by atoms with E-state index in [1.165, 1.54) is 0 Å². The van der Waals surface area contributed by atoms with Crippen molar-refractivity contribution in [3.05, 3.63) is 30.3 Å². The molecule has 84 valence electrons. The predicted molar refractivity (Wildman–Crippen MR) is 63.9 cm³/mol. The van der Waals surface area contributed by atoms with Crippen molar-refractivity contribution in [3.8, 4) is 5.75 Å². The fourth-order valence-corrected chi connectivity index (χ4v) is 1.39. The third-order valence-electron chi connectivity index (χ3n) is 2.70. The first kappa shape index (κ1) is 12.1. The van der Waals surface area contributed by atoms with E-state index in [1.54, 1.807) is 0 Å².